The molecular formula is C9H10FNO. The molecule has 0 fully saturated rings. The summed E-state index contributed by atoms with van der Waals surface area (Å²) in [5.74, 6) is -0.851. The molecule has 0 atom stereocenters. The lowest BCUT2D eigenvalue weighted by molar-refractivity contribution is 0.0997. The van der Waals surface area contributed by atoms with Gasteiger partial charge in [-0.05, 0) is 18.6 Å². The van der Waals surface area contributed by atoms with Crippen LogP contribution in [-0.4, -0.2) is 12.3 Å². The summed E-state index contributed by atoms with van der Waals surface area (Å²) in [6, 6.07) is 4.51. The second kappa shape index (κ2) is 3.45. The van der Waals surface area contributed by atoms with Crippen LogP contribution in [0.1, 0.15) is 15.9 Å². The van der Waals surface area contributed by atoms with E-state index in [1.54, 1.807) is 19.1 Å². The van der Waals surface area contributed by atoms with Crippen molar-refractivity contribution in [2.24, 2.45) is 5.73 Å². The maximum atomic E-state index is 13.0. The fraction of sp³-hybridized carbons (Fsp3) is 0.222. The molecule has 64 valence electrons. The number of carbonyl (C=O) groups excluding carboxylic acids is 1. The number of Topliss-reactive ketones (excluding diaryl/α,β-unsaturated/α-hetero) is 1. The van der Waals surface area contributed by atoms with Gasteiger partial charge < -0.3 is 5.73 Å². The molecule has 0 aromatic heterocycles. The van der Waals surface area contributed by atoms with E-state index in [-0.39, 0.29) is 17.9 Å². The van der Waals surface area contributed by atoms with Crippen LogP contribution in [0.25, 0.3) is 0 Å². The molecule has 0 spiro atoms. The second-order valence-electron chi connectivity index (χ2n) is 2.56. The predicted octanol–water partition coefficient (Wildman–Crippen LogP) is 1.28. The number of hydrogen-bond acceptors (Lipinski definition) is 2. The van der Waals surface area contributed by atoms with Gasteiger partial charge in [0.25, 0.3) is 0 Å². The molecule has 0 bridgehead atoms. The Morgan fingerprint density at radius 3 is 2.75 bits per heavy atom. The molecule has 0 unspecified atom stereocenters. The van der Waals surface area contributed by atoms with Crippen molar-refractivity contribution in [1.29, 1.82) is 0 Å². The van der Waals surface area contributed by atoms with Gasteiger partial charge in [0.05, 0.1) is 12.1 Å². The number of benzene rings is 1. The maximum Gasteiger partial charge on any atom is 0.179 e. The van der Waals surface area contributed by atoms with E-state index >= 15 is 0 Å². The lowest BCUT2D eigenvalue weighted by Crippen LogP contribution is -2.16. The van der Waals surface area contributed by atoms with Gasteiger partial charge in [-0.2, -0.15) is 0 Å². The minimum Gasteiger partial charge on any atom is -0.324 e. The van der Waals surface area contributed by atoms with Crippen LogP contribution in [0.3, 0.4) is 0 Å². The average molecular weight is 167 g/mol. The van der Waals surface area contributed by atoms with E-state index in [9.17, 15) is 9.18 Å². The molecule has 0 saturated heterocycles. The van der Waals surface area contributed by atoms with Crippen molar-refractivity contribution >= 4 is 5.78 Å². The molecule has 2 N–H and O–H groups in total. The second-order valence-corrected chi connectivity index (χ2v) is 2.56. The first-order chi connectivity index (χ1) is 5.66. The summed E-state index contributed by atoms with van der Waals surface area (Å²) in [4.78, 5) is 11.1. The number of halogens is 1. The quantitative estimate of drug-likeness (QED) is 0.674. The molecule has 3 heteroatoms. The van der Waals surface area contributed by atoms with E-state index in [2.05, 4.69) is 0 Å². The predicted molar refractivity (Wildman–Crippen MR) is 44.5 cm³/mol. The summed E-state index contributed by atoms with van der Waals surface area (Å²) in [5.41, 5.74) is 5.87. The third-order valence-electron chi connectivity index (χ3n) is 1.69. The van der Waals surface area contributed by atoms with E-state index < -0.39 is 5.82 Å². The number of aryl methyl sites for hydroxylation is 1. The van der Waals surface area contributed by atoms with Crippen molar-refractivity contribution in [1.82, 2.24) is 0 Å². The van der Waals surface area contributed by atoms with E-state index in [0.717, 1.165) is 0 Å². The van der Waals surface area contributed by atoms with Gasteiger partial charge in [-0.1, -0.05) is 12.1 Å². The molecule has 0 saturated carbocycles. The van der Waals surface area contributed by atoms with Crippen LogP contribution in [0, 0.1) is 12.7 Å². The van der Waals surface area contributed by atoms with Gasteiger partial charge in [0.2, 0.25) is 0 Å². The van der Waals surface area contributed by atoms with Crippen molar-refractivity contribution < 1.29 is 9.18 Å². The third kappa shape index (κ3) is 1.51. The van der Waals surface area contributed by atoms with E-state index in [0.29, 0.717) is 5.56 Å². The normalized spacial score (nSPS) is 9.92. The molecule has 1 aromatic rings. The van der Waals surface area contributed by atoms with Gasteiger partial charge in [-0.3, -0.25) is 4.79 Å². The summed E-state index contributed by atoms with van der Waals surface area (Å²) in [7, 11) is 0. The highest BCUT2D eigenvalue weighted by molar-refractivity contribution is 5.98. The van der Waals surface area contributed by atoms with Crippen molar-refractivity contribution in [3.05, 3.63) is 35.1 Å². The van der Waals surface area contributed by atoms with Crippen LogP contribution in [0.5, 0.6) is 0 Å². The van der Waals surface area contributed by atoms with E-state index in [1.807, 2.05) is 0 Å². The van der Waals surface area contributed by atoms with Gasteiger partial charge >= 0.3 is 0 Å². The molecule has 0 amide bonds. The van der Waals surface area contributed by atoms with Gasteiger partial charge in [-0.15, -0.1) is 0 Å². The molecule has 0 aliphatic heterocycles. The minimum atomic E-state index is -0.495. The van der Waals surface area contributed by atoms with Gasteiger partial charge in [0.1, 0.15) is 5.82 Å². The number of hydrogen-bond donors (Lipinski definition) is 1. The fourth-order valence-corrected chi connectivity index (χ4v) is 1.09. The topological polar surface area (TPSA) is 43.1 Å². The van der Waals surface area contributed by atoms with E-state index in [1.165, 1.54) is 6.07 Å². The van der Waals surface area contributed by atoms with Crippen molar-refractivity contribution in [3.8, 4) is 0 Å². The van der Waals surface area contributed by atoms with Crippen LogP contribution in [0.4, 0.5) is 4.39 Å². The highest BCUT2D eigenvalue weighted by atomic mass is 19.1. The van der Waals surface area contributed by atoms with Crippen molar-refractivity contribution in [2.75, 3.05) is 6.54 Å². The lowest BCUT2D eigenvalue weighted by atomic mass is 10.0. The van der Waals surface area contributed by atoms with Gasteiger partial charge in [-0.25, -0.2) is 4.39 Å². The standard InChI is InChI=1S/C9H10FNO/c1-6-3-2-4-7(10)9(6)8(12)5-11/h2-4H,5,11H2,1H3. The number of rotatable bonds is 2. The number of ketones is 1. The minimum absolute atomic E-state index is 0.111. The lowest BCUT2D eigenvalue weighted by Gasteiger charge is -2.03. The maximum absolute atomic E-state index is 13.0. The first-order valence-electron chi connectivity index (χ1n) is 3.65. The van der Waals surface area contributed by atoms with E-state index in [4.69, 9.17) is 5.73 Å². The van der Waals surface area contributed by atoms with Crippen LogP contribution in [0.15, 0.2) is 18.2 Å². The molecule has 12 heavy (non-hydrogen) atoms. The highest BCUT2D eigenvalue weighted by Gasteiger charge is 2.11. The molecule has 0 heterocycles. The molecular weight excluding hydrogens is 157 g/mol. The van der Waals surface area contributed by atoms with Gasteiger partial charge in [0, 0.05) is 0 Å². The first kappa shape index (κ1) is 8.87. The zero-order valence-corrected chi connectivity index (χ0v) is 6.80. The Morgan fingerprint density at radius 1 is 1.58 bits per heavy atom. The first-order valence-corrected chi connectivity index (χ1v) is 3.65. The summed E-state index contributed by atoms with van der Waals surface area (Å²) >= 11 is 0. The Hall–Kier alpha value is -1.22. The van der Waals surface area contributed by atoms with Gasteiger partial charge in [0.15, 0.2) is 5.78 Å². The summed E-state index contributed by atoms with van der Waals surface area (Å²) in [6.45, 7) is 1.54. The smallest absolute Gasteiger partial charge is 0.179 e. The Labute approximate surface area is 70.2 Å². The van der Waals surface area contributed by atoms with Crippen LogP contribution in [0.2, 0.25) is 0 Å². The van der Waals surface area contributed by atoms with Crippen LogP contribution < -0.4 is 5.73 Å². The zero-order valence-electron chi connectivity index (χ0n) is 6.80. The van der Waals surface area contributed by atoms with Crippen LogP contribution >= 0.6 is 0 Å². The van der Waals surface area contributed by atoms with Crippen molar-refractivity contribution in [3.63, 3.8) is 0 Å². The molecule has 1 rings (SSSR count). The van der Waals surface area contributed by atoms with Crippen LogP contribution in [-0.2, 0) is 0 Å². The zero-order chi connectivity index (χ0) is 9.14. The molecule has 0 aliphatic rings. The Kier molecular flexibility index (Phi) is 2.55. The number of carbonyl (C=O) groups is 1. The highest BCUT2D eigenvalue weighted by Crippen LogP contribution is 2.12. The SMILES string of the molecule is Cc1cccc(F)c1C(=O)CN. The Balaban J connectivity index is 3.21. The monoisotopic (exact) mass is 167 g/mol. The Bertz CT molecular complexity index is 289. The summed E-state index contributed by atoms with van der Waals surface area (Å²) in [5, 5.41) is 0. The molecule has 0 radical (unpaired) electrons. The Morgan fingerprint density at radius 2 is 2.25 bits per heavy atom. The number of nitrogens with two attached hydrogens (primary N) is 1. The molecule has 0 aliphatic carbocycles. The largest absolute Gasteiger partial charge is 0.324 e. The van der Waals surface area contributed by atoms with Crippen molar-refractivity contribution in [2.45, 2.75) is 6.92 Å². The average Bonchev–Trinajstić information content (AvgIpc) is 2.03. The summed E-state index contributed by atoms with van der Waals surface area (Å²) < 4.78 is 13.0. The third-order valence-corrected chi connectivity index (χ3v) is 1.69. The fourth-order valence-electron chi connectivity index (χ4n) is 1.09. The molecule has 1 aromatic carbocycles. The summed E-state index contributed by atoms with van der Waals surface area (Å²) in [6.07, 6.45) is 0. The molecule has 2 nitrogen and oxygen atoms in total.